The molecule has 0 atom stereocenters. The molecular formula is C11H17N3O3S3. The first-order valence-electron chi connectivity index (χ1n) is 5.98. The standard InChI is InChI=1S/C11H17N3O3S3/c1-3-14(4-2)9(15)7-13-20(16,17)10-6-5-8(19-10)11(12)18/h5-6,13H,3-4,7H2,1-2H3,(H2,12,18). The molecule has 0 spiro atoms. The van der Waals surface area contributed by atoms with Crippen molar-refractivity contribution < 1.29 is 13.2 Å². The second-order valence-corrected chi connectivity index (χ2v) is 7.39. The first-order chi connectivity index (χ1) is 9.31. The molecule has 0 aliphatic rings. The number of amides is 1. The fourth-order valence-corrected chi connectivity index (χ4v) is 3.88. The predicted octanol–water partition coefficient (Wildman–Crippen LogP) is 0.529. The zero-order valence-corrected chi connectivity index (χ0v) is 13.7. The normalized spacial score (nSPS) is 11.3. The molecule has 0 aromatic carbocycles. The lowest BCUT2D eigenvalue weighted by Crippen LogP contribution is -2.39. The van der Waals surface area contributed by atoms with Crippen molar-refractivity contribution >= 4 is 44.5 Å². The van der Waals surface area contributed by atoms with Crippen molar-refractivity contribution in [2.75, 3.05) is 19.6 Å². The summed E-state index contributed by atoms with van der Waals surface area (Å²) in [6.45, 7) is 4.50. The van der Waals surface area contributed by atoms with Gasteiger partial charge in [-0.3, -0.25) is 4.79 Å². The summed E-state index contributed by atoms with van der Waals surface area (Å²) in [6.07, 6.45) is 0. The van der Waals surface area contributed by atoms with Crippen LogP contribution in [0.5, 0.6) is 0 Å². The van der Waals surface area contributed by atoms with Gasteiger partial charge in [0.1, 0.15) is 9.20 Å². The average molecular weight is 335 g/mol. The van der Waals surface area contributed by atoms with E-state index >= 15 is 0 Å². The van der Waals surface area contributed by atoms with Gasteiger partial charge in [-0.05, 0) is 26.0 Å². The van der Waals surface area contributed by atoms with Crippen molar-refractivity contribution in [3.05, 3.63) is 17.0 Å². The fourth-order valence-electron chi connectivity index (χ4n) is 1.51. The number of hydrogen-bond donors (Lipinski definition) is 2. The number of rotatable bonds is 7. The molecule has 0 unspecified atom stereocenters. The number of thiocarbonyl (C=S) groups is 1. The second kappa shape index (κ2) is 7.11. The van der Waals surface area contributed by atoms with Gasteiger partial charge < -0.3 is 10.6 Å². The van der Waals surface area contributed by atoms with E-state index in [0.717, 1.165) is 11.3 Å². The van der Waals surface area contributed by atoms with Crippen LogP contribution >= 0.6 is 23.6 Å². The highest BCUT2D eigenvalue weighted by molar-refractivity contribution is 7.91. The maximum atomic E-state index is 12.0. The van der Waals surface area contributed by atoms with Gasteiger partial charge in [0, 0.05) is 13.1 Å². The monoisotopic (exact) mass is 335 g/mol. The summed E-state index contributed by atoms with van der Waals surface area (Å²) in [5, 5.41) is 0. The number of likely N-dealkylation sites (N-methyl/N-ethyl adjacent to an activating group) is 1. The lowest BCUT2D eigenvalue weighted by atomic mass is 10.4. The molecule has 1 amide bonds. The van der Waals surface area contributed by atoms with E-state index in [9.17, 15) is 13.2 Å². The van der Waals surface area contributed by atoms with Crippen LogP contribution in [0.4, 0.5) is 0 Å². The molecule has 20 heavy (non-hydrogen) atoms. The van der Waals surface area contributed by atoms with Gasteiger partial charge >= 0.3 is 0 Å². The molecule has 1 aromatic heterocycles. The first-order valence-corrected chi connectivity index (χ1v) is 8.69. The number of thiophene rings is 1. The zero-order chi connectivity index (χ0) is 15.3. The van der Waals surface area contributed by atoms with Gasteiger partial charge in [0.2, 0.25) is 5.91 Å². The quantitative estimate of drug-likeness (QED) is 0.709. The van der Waals surface area contributed by atoms with E-state index in [1.807, 2.05) is 13.8 Å². The van der Waals surface area contributed by atoms with Crippen LogP contribution in [0.3, 0.4) is 0 Å². The third-order valence-electron chi connectivity index (χ3n) is 2.62. The van der Waals surface area contributed by atoms with Crippen LogP contribution < -0.4 is 10.5 Å². The molecule has 0 aliphatic carbocycles. The molecule has 0 fully saturated rings. The van der Waals surface area contributed by atoms with Gasteiger partial charge in [-0.15, -0.1) is 11.3 Å². The Hall–Kier alpha value is -1.03. The average Bonchev–Trinajstić information content (AvgIpc) is 2.88. The Morgan fingerprint density at radius 1 is 1.40 bits per heavy atom. The smallest absolute Gasteiger partial charge is 0.250 e. The van der Waals surface area contributed by atoms with E-state index < -0.39 is 10.0 Å². The van der Waals surface area contributed by atoms with Crippen LogP contribution in [0.1, 0.15) is 18.7 Å². The first kappa shape index (κ1) is 17.0. The summed E-state index contributed by atoms with van der Waals surface area (Å²) in [5.74, 6) is -0.260. The summed E-state index contributed by atoms with van der Waals surface area (Å²) in [7, 11) is -3.71. The molecule has 0 saturated heterocycles. The van der Waals surface area contributed by atoms with Gasteiger partial charge in [0.15, 0.2) is 0 Å². The Labute approximate surface area is 128 Å². The van der Waals surface area contributed by atoms with E-state index in [1.165, 1.54) is 6.07 Å². The molecule has 1 heterocycles. The van der Waals surface area contributed by atoms with E-state index in [4.69, 9.17) is 18.0 Å². The van der Waals surface area contributed by atoms with Gasteiger partial charge in [0.05, 0.1) is 11.4 Å². The highest BCUT2D eigenvalue weighted by Gasteiger charge is 2.19. The maximum absolute atomic E-state index is 12.0. The minimum atomic E-state index is -3.71. The summed E-state index contributed by atoms with van der Waals surface area (Å²) in [4.78, 5) is 14.0. The minimum Gasteiger partial charge on any atom is -0.389 e. The molecule has 0 bridgehead atoms. The highest BCUT2D eigenvalue weighted by Crippen LogP contribution is 2.21. The number of nitrogens with two attached hydrogens (primary N) is 1. The Bertz CT molecular complexity index is 591. The van der Waals surface area contributed by atoms with E-state index in [0.29, 0.717) is 18.0 Å². The molecule has 9 heteroatoms. The van der Waals surface area contributed by atoms with Crippen LogP contribution in [-0.2, 0) is 14.8 Å². The Morgan fingerprint density at radius 2 is 2.00 bits per heavy atom. The van der Waals surface area contributed by atoms with E-state index in [-0.39, 0.29) is 21.6 Å². The summed E-state index contributed by atoms with van der Waals surface area (Å²) in [5.41, 5.74) is 5.43. The van der Waals surface area contributed by atoms with Gasteiger partial charge in [-0.2, -0.15) is 0 Å². The lowest BCUT2D eigenvalue weighted by molar-refractivity contribution is -0.129. The van der Waals surface area contributed by atoms with Crippen molar-refractivity contribution in [1.82, 2.24) is 9.62 Å². The van der Waals surface area contributed by atoms with Crippen molar-refractivity contribution in [1.29, 1.82) is 0 Å². The van der Waals surface area contributed by atoms with Crippen molar-refractivity contribution in [3.63, 3.8) is 0 Å². The number of hydrogen-bond acceptors (Lipinski definition) is 5. The third kappa shape index (κ3) is 4.23. The van der Waals surface area contributed by atoms with Crippen LogP contribution in [0.15, 0.2) is 16.3 Å². The molecule has 0 radical (unpaired) electrons. The number of carbonyl (C=O) groups excluding carboxylic acids is 1. The second-order valence-electron chi connectivity index (χ2n) is 3.87. The minimum absolute atomic E-state index is 0.0904. The molecule has 6 nitrogen and oxygen atoms in total. The molecule has 0 saturated carbocycles. The van der Waals surface area contributed by atoms with Crippen LogP contribution in [0.25, 0.3) is 0 Å². The Morgan fingerprint density at radius 3 is 2.45 bits per heavy atom. The lowest BCUT2D eigenvalue weighted by Gasteiger charge is -2.18. The van der Waals surface area contributed by atoms with Crippen LogP contribution in [0.2, 0.25) is 0 Å². The maximum Gasteiger partial charge on any atom is 0.250 e. The largest absolute Gasteiger partial charge is 0.389 e. The van der Waals surface area contributed by atoms with Crippen molar-refractivity contribution in [2.24, 2.45) is 5.73 Å². The molecule has 1 aromatic rings. The molecule has 0 aliphatic heterocycles. The third-order valence-corrected chi connectivity index (χ3v) is 5.98. The number of nitrogens with zero attached hydrogens (tertiary/aromatic N) is 1. The fraction of sp³-hybridized carbons (Fsp3) is 0.455. The SMILES string of the molecule is CCN(CC)C(=O)CNS(=O)(=O)c1ccc(C(N)=S)s1. The topological polar surface area (TPSA) is 92.5 Å². The number of sulfonamides is 1. The van der Waals surface area contributed by atoms with Crippen molar-refractivity contribution in [2.45, 2.75) is 18.1 Å². The van der Waals surface area contributed by atoms with Crippen LogP contribution in [0, 0.1) is 0 Å². The number of nitrogens with one attached hydrogen (secondary N) is 1. The summed E-state index contributed by atoms with van der Waals surface area (Å²) in [6, 6.07) is 2.97. The summed E-state index contributed by atoms with van der Waals surface area (Å²) < 4.78 is 26.4. The van der Waals surface area contributed by atoms with Gasteiger partial charge in [0.25, 0.3) is 10.0 Å². The summed E-state index contributed by atoms with van der Waals surface area (Å²) >= 11 is 5.76. The Kier molecular flexibility index (Phi) is 6.06. The van der Waals surface area contributed by atoms with E-state index in [2.05, 4.69) is 4.72 Å². The molecule has 3 N–H and O–H groups in total. The highest BCUT2D eigenvalue weighted by atomic mass is 32.2. The number of carbonyl (C=O) groups is 1. The van der Waals surface area contributed by atoms with E-state index in [1.54, 1.807) is 11.0 Å². The Balaban J connectivity index is 2.75. The van der Waals surface area contributed by atoms with Gasteiger partial charge in [-0.1, -0.05) is 12.2 Å². The van der Waals surface area contributed by atoms with Crippen LogP contribution in [-0.4, -0.2) is 43.8 Å². The van der Waals surface area contributed by atoms with Crippen molar-refractivity contribution in [3.8, 4) is 0 Å². The van der Waals surface area contributed by atoms with Gasteiger partial charge in [-0.25, -0.2) is 13.1 Å². The molecule has 1 rings (SSSR count). The molecular weight excluding hydrogens is 318 g/mol. The molecule has 112 valence electrons. The zero-order valence-electron chi connectivity index (χ0n) is 11.3. The predicted molar refractivity (Wildman–Crippen MR) is 83.3 cm³/mol.